The van der Waals surface area contributed by atoms with Crippen LogP contribution in [0.5, 0.6) is 5.75 Å². The summed E-state index contributed by atoms with van der Waals surface area (Å²) in [5, 5.41) is 9.36. The van der Waals surface area contributed by atoms with Gasteiger partial charge < -0.3 is 20.0 Å². The number of aromatic nitrogens is 1. The fourth-order valence-corrected chi connectivity index (χ4v) is 2.53. The fourth-order valence-electron chi connectivity index (χ4n) is 2.53. The number of hydrogen-bond donors (Lipinski definition) is 2. The second kappa shape index (κ2) is 8.00. The molecule has 0 saturated heterocycles. The Bertz CT molecular complexity index is 864. The molecule has 0 fully saturated rings. The number of fused-ring (bicyclic) bond motifs is 1. The van der Waals surface area contributed by atoms with Crippen LogP contribution in [0.4, 0.5) is 0 Å². The molecule has 2 aromatic carbocycles. The van der Waals surface area contributed by atoms with E-state index in [1.54, 1.807) is 13.0 Å². The standard InChI is InChI=1S/C18H18N2O4.ClH/c1-11-20-15-8-14(18(21)22)16(9-17(15)24-11)23-10-13(19)7-12-5-3-2-4-6-12;/h2-6,8-9,13H,7,10,19H2,1H3,(H,21,22);1H. The van der Waals surface area contributed by atoms with Crippen molar-refractivity contribution in [1.29, 1.82) is 0 Å². The summed E-state index contributed by atoms with van der Waals surface area (Å²) in [6.45, 7) is 1.91. The lowest BCUT2D eigenvalue weighted by molar-refractivity contribution is 0.0692. The average Bonchev–Trinajstić information content (AvgIpc) is 2.91. The molecule has 0 radical (unpaired) electrons. The van der Waals surface area contributed by atoms with Crippen LogP contribution in [0.1, 0.15) is 21.8 Å². The van der Waals surface area contributed by atoms with E-state index < -0.39 is 5.97 Å². The molecule has 0 aliphatic carbocycles. The molecule has 1 atom stereocenters. The second-order valence-corrected chi connectivity index (χ2v) is 5.61. The van der Waals surface area contributed by atoms with Crippen molar-refractivity contribution >= 4 is 29.5 Å². The molecule has 6 nitrogen and oxygen atoms in total. The summed E-state index contributed by atoms with van der Waals surface area (Å²) in [5.41, 5.74) is 8.22. The number of rotatable bonds is 6. The number of nitrogens with two attached hydrogens (primary N) is 1. The SMILES string of the molecule is Cc1nc2cc(C(=O)O)c(OCC(N)Cc3ccccc3)cc2o1.Cl. The summed E-state index contributed by atoms with van der Waals surface area (Å²) in [7, 11) is 0. The Labute approximate surface area is 151 Å². The Kier molecular flexibility index (Phi) is 6.01. The number of benzene rings is 2. The molecule has 132 valence electrons. The molecular formula is C18H19ClN2O4. The highest BCUT2D eigenvalue weighted by Gasteiger charge is 2.17. The predicted molar refractivity (Wildman–Crippen MR) is 96.6 cm³/mol. The first-order valence-electron chi connectivity index (χ1n) is 7.59. The van der Waals surface area contributed by atoms with Crippen molar-refractivity contribution in [3.05, 3.63) is 59.5 Å². The zero-order valence-electron chi connectivity index (χ0n) is 13.6. The van der Waals surface area contributed by atoms with E-state index in [9.17, 15) is 9.90 Å². The van der Waals surface area contributed by atoms with Crippen LogP contribution in [0.25, 0.3) is 11.1 Å². The van der Waals surface area contributed by atoms with Gasteiger partial charge in [-0.15, -0.1) is 12.4 Å². The maximum absolute atomic E-state index is 11.4. The van der Waals surface area contributed by atoms with Gasteiger partial charge in [-0.05, 0) is 18.1 Å². The normalized spacial score (nSPS) is 11.8. The van der Waals surface area contributed by atoms with Crippen molar-refractivity contribution in [2.75, 3.05) is 6.61 Å². The molecule has 0 aliphatic rings. The van der Waals surface area contributed by atoms with E-state index in [4.69, 9.17) is 14.9 Å². The fraction of sp³-hybridized carbons (Fsp3) is 0.222. The van der Waals surface area contributed by atoms with Crippen LogP contribution in [0.2, 0.25) is 0 Å². The van der Waals surface area contributed by atoms with Crippen LogP contribution < -0.4 is 10.5 Å². The summed E-state index contributed by atoms with van der Waals surface area (Å²) < 4.78 is 11.1. The van der Waals surface area contributed by atoms with E-state index in [2.05, 4.69) is 4.98 Å². The third kappa shape index (κ3) is 4.49. The average molecular weight is 363 g/mol. The molecule has 3 aromatic rings. The number of oxazole rings is 1. The molecule has 25 heavy (non-hydrogen) atoms. The van der Waals surface area contributed by atoms with Gasteiger partial charge in [-0.25, -0.2) is 9.78 Å². The largest absolute Gasteiger partial charge is 0.491 e. The number of aryl methyl sites for hydroxylation is 1. The van der Waals surface area contributed by atoms with Crippen LogP contribution >= 0.6 is 12.4 Å². The first kappa shape index (κ1) is 18.8. The maximum Gasteiger partial charge on any atom is 0.339 e. The zero-order chi connectivity index (χ0) is 17.1. The lowest BCUT2D eigenvalue weighted by Gasteiger charge is -2.14. The molecule has 0 saturated carbocycles. The minimum atomic E-state index is -1.08. The van der Waals surface area contributed by atoms with Crippen LogP contribution in [0.15, 0.2) is 46.9 Å². The van der Waals surface area contributed by atoms with Crippen molar-refractivity contribution in [1.82, 2.24) is 4.98 Å². The highest BCUT2D eigenvalue weighted by molar-refractivity contribution is 5.95. The number of aromatic carboxylic acids is 1. The van der Waals surface area contributed by atoms with Crippen LogP contribution in [-0.4, -0.2) is 28.7 Å². The molecule has 7 heteroatoms. The molecule has 3 N–H and O–H groups in total. The van der Waals surface area contributed by atoms with Gasteiger partial charge in [0.05, 0.1) is 0 Å². The van der Waals surface area contributed by atoms with E-state index in [-0.39, 0.29) is 36.4 Å². The molecule has 3 rings (SSSR count). The quantitative estimate of drug-likeness (QED) is 0.698. The third-order valence-electron chi connectivity index (χ3n) is 3.62. The molecule has 0 aliphatic heterocycles. The Morgan fingerprint density at radius 3 is 2.72 bits per heavy atom. The van der Waals surface area contributed by atoms with Gasteiger partial charge in [0, 0.05) is 19.0 Å². The number of ether oxygens (including phenoxy) is 1. The number of carboxylic acid groups (broad SMARTS) is 1. The second-order valence-electron chi connectivity index (χ2n) is 5.61. The first-order chi connectivity index (χ1) is 11.5. The van der Waals surface area contributed by atoms with Gasteiger partial charge in [0.2, 0.25) is 0 Å². The van der Waals surface area contributed by atoms with Crippen molar-refractivity contribution in [3.63, 3.8) is 0 Å². The number of hydrogen-bond acceptors (Lipinski definition) is 5. The van der Waals surface area contributed by atoms with Crippen LogP contribution in [0, 0.1) is 6.92 Å². The lowest BCUT2D eigenvalue weighted by Crippen LogP contribution is -2.30. The van der Waals surface area contributed by atoms with Crippen LogP contribution in [0.3, 0.4) is 0 Å². The monoisotopic (exact) mass is 362 g/mol. The van der Waals surface area contributed by atoms with Crippen molar-refractivity contribution in [2.24, 2.45) is 5.73 Å². The van der Waals surface area contributed by atoms with Gasteiger partial charge in [-0.3, -0.25) is 0 Å². The number of halogens is 1. The maximum atomic E-state index is 11.4. The lowest BCUT2D eigenvalue weighted by atomic mass is 10.1. The Morgan fingerprint density at radius 2 is 2.04 bits per heavy atom. The molecule has 1 heterocycles. The van der Waals surface area contributed by atoms with Crippen molar-refractivity contribution in [2.45, 2.75) is 19.4 Å². The van der Waals surface area contributed by atoms with E-state index >= 15 is 0 Å². The number of carboxylic acids is 1. The van der Waals surface area contributed by atoms with Gasteiger partial charge in [0.15, 0.2) is 11.5 Å². The molecule has 0 spiro atoms. The van der Waals surface area contributed by atoms with Gasteiger partial charge in [0.1, 0.15) is 23.4 Å². The molecule has 1 aromatic heterocycles. The molecule has 0 bridgehead atoms. The minimum absolute atomic E-state index is 0. The van der Waals surface area contributed by atoms with Gasteiger partial charge in [0.25, 0.3) is 0 Å². The summed E-state index contributed by atoms with van der Waals surface area (Å²) in [4.78, 5) is 15.6. The van der Waals surface area contributed by atoms with E-state index in [1.807, 2.05) is 30.3 Å². The number of nitrogens with zero attached hydrogens (tertiary/aromatic N) is 1. The highest BCUT2D eigenvalue weighted by Crippen LogP contribution is 2.27. The van der Waals surface area contributed by atoms with Crippen molar-refractivity contribution < 1.29 is 19.1 Å². The Balaban J connectivity index is 0.00000225. The smallest absolute Gasteiger partial charge is 0.339 e. The molecular weight excluding hydrogens is 344 g/mol. The topological polar surface area (TPSA) is 98.6 Å². The van der Waals surface area contributed by atoms with Crippen molar-refractivity contribution in [3.8, 4) is 5.75 Å². The van der Waals surface area contributed by atoms with Gasteiger partial charge in [-0.2, -0.15) is 0 Å². The summed E-state index contributed by atoms with van der Waals surface area (Å²) in [6, 6.07) is 12.6. The van der Waals surface area contributed by atoms with Crippen LogP contribution in [-0.2, 0) is 6.42 Å². The number of carbonyl (C=O) groups is 1. The minimum Gasteiger partial charge on any atom is -0.491 e. The summed E-state index contributed by atoms with van der Waals surface area (Å²) in [5.74, 6) is -0.377. The molecule has 0 amide bonds. The highest BCUT2D eigenvalue weighted by atomic mass is 35.5. The van der Waals surface area contributed by atoms with Gasteiger partial charge in [-0.1, -0.05) is 30.3 Å². The summed E-state index contributed by atoms with van der Waals surface area (Å²) >= 11 is 0. The van der Waals surface area contributed by atoms with Gasteiger partial charge >= 0.3 is 5.97 Å². The van der Waals surface area contributed by atoms with E-state index in [0.717, 1.165) is 5.56 Å². The predicted octanol–water partition coefficient (Wildman–Crippen LogP) is 3.21. The zero-order valence-corrected chi connectivity index (χ0v) is 14.5. The molecule has 1 unspecified atom stereocenters. The third-order valence-corrected chi connectivity index (χ3v) is 3.62. The van der Waals surface area contributed by atoms with E-state index in [1.165, 1.54) is 6.07 Å². The Morgan fingerprint density at radius 1 is 1.32 bits per heavy atom. The van der Waals surface area contributed by atoms with E-state index in [0.29, 0.717) is 23.4 Å². The Hall–Kier alpha value is -2.57. The summed E-state index contributed by atoms with van der Waals surface area (Å²) in [6.07, 6.45) is 0.646. The first-order valence-corrected chi connectivity index (χ1v) is 7.59.